The van der Waals surface area contributed by atoms with Gasteiger partial charge in [0.1, 0.15) is 5.75 Å². The van der Waals surface area contributed by atoms with E-state index in [1.54, 1.807) is 36.3 Å². The Morgan fingerprint density at radius 2 is 1.91 bits per heavy atom. The van der Waals surface area contributed by atoms with E-state index < -0.39 is 10.1 Å². The van der Waals surface area contributed by atoms with Gasteiger partial charge in [0.15, 0.2) is 0 Å². The van der Waals surface area contributed by atoms with Crippen molar-refractivity contribution >= 4 is 16.0 Å². The van der Waals surface area contributed by atoms with Crippen LogP contribution in [-0.2, 0) is 26.2 Å². The van der Waals surface area contributed by atoms with Gasteiger partial charge in [-0.1, -0.05) is 12.1 Å². The minimum atomic E-state index is -3.52. The molecule has 0 aromatic heterocycles. The molecule has 0 aliphatic heterocycles. The van der Waals surface area contributed by atoms with Crippen LogP contribution in [0.3, 0.4) is 0 Å². The van der Waals surface area contributed by atoms with Crippen molar-refractivity contribution in [3.05, 3.63) is 29.8 Å². The van der Waals surface area contributed by atoms with Crippen LogP contribution in [0.15, 0.2) is 24.3 Å². The Morgan fingerprint density at radius 1 is 1.27 bits per heavy atom. The molecule has 1 aromatic carbocycles. The van der Waals surface area contributed by atoms with Gasteiger partial charge in [-0.2, -0.15) is 8.42 Å². The maximum absolute atomic E-state index is 12.2. The normalized spacial score (nSPS) is 14.6. The molecule has 7 heteroatoms. The summed E-state index contributed by atoms with van der Waals surface area (Å²) in [7, 11) is -1.91. The van der Waals surface area contributed by atoms with Gasteiger partial charge >= 0.3 is 10.1 Å². The summed E-state index contributed by atoms with van der Waals surface area (Å²) < 4.78 is 32.0. The molecule has 0 N–H and O–H groups in total. The van der Waals surface area contributed by atoms with Gasteiger partial charge < -0.3 is 13.8 Å². The van der Waals surface area contributed by atoms with Crippen molar-refractivity contribution in [2.45, 2.75) is 19.4 Å². The van der Waals surface area contributed by atoms with Crippen molar-refractivity contribution < 1.29 is 22.1 Å². The molecule has 0 unspecified atom stereocenters. The van der Waals surface area contributed by atoms with Gasteiger partial charge in [0.25, 0.3) is 0 Å². The van der Waals surface area contributed by atoms with Gasteiger partial charge in [-0.25, -0.2) is 0 Å². The van der Waals surface area contributed by atoms with Gasteiger partial charge in [0.2, 0.25) is 5.91 Å². The summed E-state index contributed by atoms with van der Waals surface area (Å²) in [5.74, 6) is 0.585. The summed E-state index contributed by atoms with van der Waals surface area (Å²) in [5, 5.41) is 0. The van der Waals surface area contributed by atoms with Crippen molar-refractivity contribution in [3.63, 3.8) is 0 Å². The van der Waals surface area contributed by atoms with Crippen molar-refractivity contribution in [2.24, 2.45) is 5.92 Å². The molecule has 6 nitrogen and oxygen atoms in total. The van der Waals surface area contributed by atoms with Crippen LogP contribution in [0.4, 0.5) is 0 Å². The number of hydrogen-bond donors (Lipinski definition) is 0. The average Bonchev–Trinajstić information content (AvgIpc) is 3.27. The molecule has 0 spiro atoms. The average molecular weight is 327 g/mol. The number of carbonyl (C=O) groups excluding carboxylic acids is 1. The topological polar surface area (TPSA) is 72.9 Å². The number of rotatable bonds is 8. The Bertz CT molecular complexity index is 607. The van der Waals surface area contributed by atoms with Crippen molar-refractivity contribution in [3.8, 4) is 5.75 Å². The Morgan fingerprint density at radius 3 is 2.41 bits per heavy atom. The largest absolute Gasteiger partial charge is 0.383 e. The van der Waals surface area contributed by atoms with E-state index >= 15 is 0 Å². The smallest absolute Gasteiger partial charge is 0.306 e. The highest BCUT2D eigenvalue weighted by Crippen LogP contribution is 2.31. The third-order valence-corrected chi connectivity index (χ3v) is 3.84. The molecule has 1 saturated carbocycles. The van der Waals surface area contributed by atoms with Gasteiger partial charge in [0.05, 0.1) is 12.9 Å². The number of benzene rings is 1. The molecule has 22 heavy (non-hydrogen) atoms. The Balaban J connectivity index is 2.00. The zero-order chi connectivity index (χ0) is 16.2. The maximum Gasteiger partial charge on any atom is 0.306 e. The van der Waals surface area contributed by atoms with Crippen LogP contribution in [0.25, 0.3) is 0 Å². The van der Waals surface area contributed by atoms with E-state index in [2.05, 4.69) is 0 Å². The summed E-state index contributed by atoms with van der Waals surface area (Å²) in [6, 6.07) is 6.71. The first-order chi connectivity index (χ1) is 10.4. The van der Waals surface area contributed by atoms with Crippen LogP contribution in [0, 0.1) is 5.92 Å². The number of ether oxygens (including phenoxy) is 1. The second-order valence-electron chi connectivity index (χ2n) is 5.46. The molecule has 1 aromatic rings. The van der Waals surface area contributed by atoms with E-state index in [-0.39, 0.29) is 17.6 Å². The van der Waals surface area contributed by atoms with Crippen LogP contribution in [0.5, 0.6) is 5.75 Å². The standard InChI is InChI=1S/C15H21NO5S/c1-20-10-9-16(15(17)13-5-6-13)11-12-3-7-14(8-4-12)21-22(2,18)19/h3-4,7-8,13H,5-6,9-11H2,1-2H3. The van der Waals surface area contributed by atoms with Crippen LogP contribution < -0.4 is 4.18 Å². The van der Waals surface area contributed by atoms with Crippen molar-refractivity contribution in [1.29, 1.82) is 0 Å². The van der Waals surface area contributed by atoms with Crippen LogP contribution in [0.1, 0.15) is 18.4 Å². The molecule has 1 aliphatic rings. The molecular weight excluding hydrogens is 306 g/mol. The van der Waals surface area contributed by atoms with Crippen LogP contribution in [0.2, 0.25) is 0 Å². The SMILES string of the molecule is COCCN(Cc1ccc(OS(C)(=O)=O)cc1)C(=O)C1CC1. The number of nitrogens with zero attached hydrogens (tertiary/aromatic N) is 1. The van der Waals surface area contributed by atoms with E-state index in [1.807, 2.05) is 0 Å². The third kappa shape index (κ3) is 5.31. The predicted octanol–water partition coefficient (Wildman–Crippen LogP) is 1.41. The summed E-state index contributed by atoms with van der Waals surface area (Å²) in [6.45, 7) is 1.53. The van der Waals surface area contributed by atoms with Gasteiger partial charge in [0, 0.05) is 26.1 Å². The van der Waals surface area contributed by atoms with E-state index in [1.165, 1.54) is 0 Å². The zero-order valence-electron chi connectivity index (χ0n) is 12.8. The number of amides is 1. The van der Waals surface area contributed by atoms with Gasteiger partial charge in [-0.3, -0.25) is 4.79 Å². The van der Waals surface area contributed by atoms with Crippen molar-refractivity contribution in [1.82, 2.24) is 4.90 Å². The lowest BCUT2D eigenvalue weighted by Gasteiger charge is -2.22. The number of hydrogen-bond acceptors (Lipinski definition) is 5. The summed E-state index contributed by atoms with van der Waals surface area (Å²) in [6.07, 6.45) is 2.93. The number of carbonyl (C=O) groups is 1. The van der Waals surface area contributed by atoms with Gasteiger partial charge in [-0.15, -0.1) is 0 Å². The fourth-order valence-electron chi connectivity index (χ4n) is 2.10. The Labute approximate surface area is 131 Å². The van der Waals surface area contributed by atoms with E-state index in [0.29, 0.717) is 19.7 Å². The molecule has 0 radical (unpaired) electrons. The Hall–Kier alpha value is -1.60. The molecule has 0 heterocycles. The molecule has 1 aliphatic carbocycles. The van der Waals surface area contributed by atoms with Crippen LogP contribution >= 0.6 is 0 Å². The van der Waals surface area contributed by atoms with E-state index in [0.717, 1.165) is 24.7 Å². The predicted molar refractivity (Wildman–Crippen MR) is 81.9 cm³/mol. The molecule has 0 bridgehead atoms. The fourth-order valence-corrected chi connectivity index (χ4v) is 2.56. The summed E-state index contributed by atoms with van der Waals surface area (Å²) >= 11 is 0. The lowest BCUT2D eigenvalue weighted by molar-refractivity contribution is -0.133. The minimum absolute atomic E-state index is 0.157. The maximum atomic E-state index is 12.2. The van der Waals surface area contributed by atoms with Crippen molar-refractivity contribution in [2.75, 3.05) is 26.5 Å². The fraction of sp³-hybridized carbons (Fsp3) is 0.533. The second kappa shape index (κ2) is 7.11. The van der Waals surface area contributed by atoms with E-state index in [9.17, 15) is 13.2 Å². The highest BCUT2D eigenvalue weighted by atomic mass is 32.2. The minimum Gasteiger partial charge on any atom is -0.383 e. The molecule has 0 saturated heterocycles. The first kappa shape index (κ1) is 16.8. The highest BCUT2D eigenvalue weighted by Gasteiger charge is 2.33. The quantitative estimate of drug-likeness (QED) is 0.675. The number of methoxy groups -OCH3 is 1. The molecule has 1 fully saturated rings. The molecule has 0 atom stereocenters. The first-order valence-corrected chi connectivity index (χ1v) is 8.97. The Kier molecular flexibility index (Phi) is 5.42. The zero-order valence-corrected chi connectivity index (χ0v) is 13.6. The third-order valence-electron chi connectivity index (χ3n) is 3.35. The lowest BCUT2D eigenvalue weighted by Crippen LogP contribution is -2.34. The lowest BCUT2D eigenvalue weighted by atomic mass is 10.2. The highest BCUT2D eigenvalue weighted by molar-refractivity contribution is 7.86. The monoisotopic (exact) mass is 327 g/mol. The summed E-state index contributed by atoms with van der Waals surface area (Å²) in [5.41, 5.74) is 0.922. The van der Waals surface area contributed by atoms with Gasteiger partial charge in [-0.05, 0) is 30.5 Å². The molecule has 122 valence electrons. The molecule has 2 rings (SSSR count). The summed E-state index contributed by atoms with van der Waals surface area (Å²) in [4.78, 5) is 14.0. The van der Waals surface area contributed by atoms with Crippen LogP contribution in [-0.4, -0.2) is 45.7 Å². The molecular formula is C15H21NO5S. The molecule has 1 amide bonds. The first-order valence-electron chi connectivity index (χ1n) is 7.15. The second-order valence-corrected chi connectivity index (χ2v) is 7.03. The van der Waals surface area contributed by atoms with E-state index in [4.69, 9.17) is 8.92 Å².